The molecule has 0 amide bonds. The number of rotatable bonds is 4. The van der Waals surface area contributed by atoms with Crippen molar-refractivity contribution in [1.29, 1.82) is 0 Å². The zero-order chi connectivity index (χ0) is 15.6. The van der Waals surface area contributed by atoms with Crippen LogP contribution in [0.4, 0.5) is 5.69 Å². The van der Waals surface area contributed by atoms with E-state index < -0.39 is 10.0 Å². The molecule has 0 atom stereocenters. The number of sulfonamides is 1. The van der Waals surface area contributed by atoms with Gasteiger partial charge in [0.25, 0.3) is 0 Å². The van der Waals surface area contributed by atoms with Crippen LogP contribution >= 0.6 is 27.5 Å². The molecule has 1 aliphatic heterocycles. The second-order valence-corrected chi connectivity index (χ2v) is 8.25. The third kappa shape index (κ3) is 3.71. The fourth-order valence-electron chi connectivity index (χ4n) is 2.46. The van der Waals surface area contributed by atoms with Gasteiger partial charge in [-0.15, -0.1) is 0 Å². The molecule has 0 aliphatic carbocycles. The Morgan fingerprint density at radius 1 is 1.43 bits per heavy atom. The fraction of sp³-hybridized carbons (Fsp3) is 0.538. The lowest BCUT2D eigenvalue weighted by molar-refractivity contribution is 0.121. The molecule has 8 heteroatoms. The number of piperidine rings is 1. The Morgan fingerprint density at radius 2 is 2.05 bits per heavy atom. The Labute approximate surface area is 138 Å². The van der Waals surface area contributed by atoms with Gasteiger partial charge in [-0.25, -0.2) is 8.42 Å². The van der Waals surface area contributed by atoms with Gasteiger partial charge in [0.2, 0.25) is 10.0 Å². The van der Waals surface area contributed by atoms with Gasteiger partial charge < -0.3 is 10.5 Å². The van der Waals surface area contributed by atoms with Crippen LogP contribution in [0.2, 0.25) is 5.02 Å². The summed E-state index contributed by atoms with van der Waals surface area (Å²) in [4.78, 5) is 0.123. The van der Waals surface area contributed by atoms with Gasteiger partial charge in [0.05, 0.1) is 9.37 Å². The van der Waals surface area contributed by atoms with Crippen LogP contribution in [0.3, 0.4) is 0 Å². The molecule has 1 aromatic carbocycles. The molecule has 1 aliphatic rings. The molecular formula is C13H18BrClN2O3S. The topological polar surface area (TPSA) is 72.6 Å². The molecule has 1 saturated heterocycles. The first-order valence-corrected chi connectivity index (χ1v) is 9.21. The molecule has 0 bridgehead atoms. The van der Waals surface area contributed by atoms with Gasteiger partial charge in [-0.3, -0.25) is 0 Å². The number of ether oxygens (including phenoxy) is 1. The molecule has 1 heterocycles. The van der Waals surface area contributed by atoms with E-state index in [2.05, 4.69) is 15.9 Å². The van der Waals surface area contributed by atoms with E-state index >= 15 is 0 Å². The van der Waals surface area contributed by atoms with E-state index in [0.29, 0.717) is 40.8 Å². The van der Waals surface area contributed by atoms with E-state index in [1.807, 2.05) is 0 Å². The summed E-state index contributed by atoms with van der Waals surface area (Å²) >= 11 is 9.18. The first-order chi connectivity index (χ1) is 9.86. The van der Waals surface area contributed by atoms with E-state index in [9.17, 15) is 8.42 Å². The molecule has 1 aromatic rings. The van der Waals surface area contributed by atoms with E-state index in [0.717, 1.165) is 12.8 Å². The minimum atomic E-state index is -3.59. The lowest BCUT2D eigenvalue weighted by atomic mass is 9.99. The second kappa shape index (κ2) is 6.83. The quantitative estimate of drug-likeness (QED) is 0.793. The van der Waals surface area contributed by atoms with Gasteiger partial charge in [-0.05, 0) is 46.8 Å². The number of methoxy groups -OCH3 is 1. The summed E-state index contributed by atoms with van der Waals surface area (Å²) in [6, 6.07) is 2.95. The molecule has 5 nitrogen and oxygen atoms in total. The van der Waals surface area contributed by atoms with E-state index in [1.165, 1.54) is 16.4 Å². The Morgan fingerprint density at radius 3 is 2.62 bits per heavy atom. The number of halogens is 2. The SMILES string of the molecule is COCC1CCN(S(=O)(=O)c2cc(Cl)cc(N)c2Br)CC1. The molecule has 0 unspecified atom stereocenters. The maximum Gasteiger partial charge on any atom is 0.244 e. The third-order valence-corrected chi connectivity index (χ3v) is 6.91. The van der Waals surface area contributed by atoms with Gasteiger partial charge >= 0.3 is 0 Å². The van der Waals surface area contributed by atoms with Crippen molar-refractivity contribution < 1.29 is 13.2 Å². The first-order valence-electron chi connectivity index (χ1n) is 6.60. The molecule has 118 valence electrons. The summed E-state index contributed by atoms with van der Waals surface area (Å²) in [7, 11) is -1.93. The highest BCUT2D eigenvalue weighted by molar-refractivity contribution is 9.10. The number of anilines is 1. The minimum absolute atomic E-state index is 0.123. The lowest BCUT2D eigenvalue weighted by Gasteiger charge is -2.31. The number of nitrogen functional groups attached to an aromatic ring is 1. The van der Waals surface area contributed by atoms with E-state index in [1.54, 1.807) is 7.11 Å². The standard InChI is InChI=1S/C13H18BrClN2O3S/c1-20-8-9-2-4-17(5-3-9)21(18,19)12-7-10(15)6-11(16)13(12)14/h6-7,9H,2-5,8,16H2,1H3. The van der Waals surface area contributed by atoms with Crippen LogP contribution in [0.25, 0.3) is 0 Å². The maximum atomic E-state index is 12.7. The smallest absolute Gasteiger partial charge is 0.244 e. The van der Waals surface area contributed by atoms with Crippen molar-refractivity contribution in [2.45, 2.75) is 17.7 Å². The van der Waals surface area contributed by atoms with Gasteiger partial charge in [0.1, 0.15) is 0 Å². The fourth-order valence-corrected chi connectivity index (χ4v) is 5.19. The highest BCUT2D eigenvalue weighted by Gasteiger charge is 2.31. The zero-order valence-corrected chi connectivity index (χ0v) is 14.8. The minimum Gasteiger partial charge on any atom is -0.398 e. The third-order valence-electron chi connectivity index (χ3n) is 3.63. The van der Waals surface area contributed by atoms with Crippen molar-refractivity contribution in [3.05, 3.63) is 21.6 Å². The zero-order valence-electron chi connectivity index (χ0n) is 11.7. The highest BCUT2D eigenvalue weighted by Crippen LogP contribution is 2.34. The molecule has 0 aromatic heterocycles. The molecule has 2 rings (SSSR count). The number of nitrogens with two attached hydrogens (primary N) is 1. The van der Waals surface area contributed by atoms with Gasteiger partial charge in [-0.1, -0.05) is 11.6 Å². The van der Waals surface area contributed by atoms with Crippen molar-refractivity contribution in [3.63, 3.8) is 0 Å². The normalized spacial score (nSPS) is 18.0. The predicted octanol–water partition coefficient (Wildman–Crippen LogP) is 2.73. The number of hydrogen-bond acceptors (Lipinski definition) is 4. The predicted molar refractivity (Wildman–Crippen MR) is 86.9 cm³/mol. The number of nitrogens with zero attached hydrogens (tertiary/aromatic N) is 1. The molecule has 1 fully saturated rings. The summed E-state index contributed by atoms with van der Waals surface area (Å²) in [6.45, 7) is 1.63. The number of benzene rings is 1. The summed E-state index contributed by atoms with van der Waals surface area (Å²) in [6.07, 6.45) is 1.58. The van der Waals surface area contributed by atoms with Gasteiger partial charge in [0, 0.05) is 37.5 Å². The van der Waals surface area contributed by atoms with Crippen LogP contribution in [0.1, 0.15) is 12.8 Å². The summed E-state index contributed by atoms with van der Waals surface area (Å²) in [5, 5.41) is 0.309. The van der Waals surface area contributed by atoms with E-state index in [-0.39, 0.29) is 4.90 Å². The monoisotopic (exact) mass is 396 g/mol. The average molecular weight is 398 g/mol. The first kappa shape index (κ1) is 17.0. The molecule has 0 radical (unpaired) electrons. The van der Waals surface area contributed by atoms with Gasteiger partial charge in [-0.2, -0.15) is 4.31 Å². The molecule has 0 spiro atoms. The van der Waals surface area contributed by atoms with Crippen molar-refractivity contribution in [2.24, 2.45) is 5.92 Å². The summed E-state index contributed by atoms with van der Waals surface area (Å²) in [5.41, 5.74) is 6.09. The van der Waals surface area contributed by atoms with Crippen molar-refractivity contribution in [2.75, 3.05) is 32.5 Å². The Kier molecular flexibility index (Phi) is 5.54. The number of hydrogen-bond donors (Lipinski definition) is 1. The Bertz CT molecular complexity index is 616. The van der Waals surface area contributed by atoms with Crippen LogP contribution in [0, 0.1) is 5.92 Å². The molecule has 2 N–H and O–H groups in total. The average Bonchev–Trinajstić information content (AvgIpc) is 2.43. The van der Waals surface area contributed by atoms with Crippen LogP contribution in [0.15, 0.2) is 21.5 Å². The summed E-state index contributed by atoms with van der Waals surface area (Å²) < 4.78 is 32.4. The largest absolute Gasteiger partial charge is 0.398 e. The van der Waals surface area contributed by atoms with Crippen molar-refractivity contribution >= 4 is 43.2 Å². The van der Waals surface area contributed by atoms with Crippen molar-refractivity contribution in [1.82, 2.24) is 4.31 Å². The van der Waals surface area contributed by atoms with Crippen LogP contribution in [-0.4, -0.2) is 39.5 Å². The lowest BCUT2D eigenvalue weighted by Crippen LogP contribution is -2.39. The molecule has 0 saturated carbocycles. The van der Waals surface area contributed by atoms with E-state index in [4.69, 9.17) is 22.1 Å². The van der Waals surface area contributed by atoms with Crippen LogP contribution < -0.4 is 5.73 Å². The maximum absolute atomic E-state index is 12.7. The molecular weight excluding hydrogens is 380 g/mol. The molecule has 21 heavy (non-hydrogen) atoms. The van der Waals surface area contributed by atoms with Crippen LogP contribution in [0.5, 0.6) is 0 Å². The highest BCUT2D eigenvalue weighted by atomic mass is 79.9. The van der Waals surface area contributed by atoms with Crippen molar-refractivity contribution in [3.8, 4) is 0 Å². The van der Waals surface area contributed by atoms with Crippen LogP contribution in [-0.2, 0) is 14.8 Å². The summed E-state index contributed by atoms with van der Waals surface area (Å²) in [5.74, 6) is 0.411. The second-order valence-electron chi connectivity index (χ2n) is 5.11. The Hall–Kier alpha value is -0.340. The Balaban J connectivity index is 2.24. The van der Waals surface area contributed by atoms with Gasteiger partial charge in [0.15, 0.2) is 0 Å².